The SMILES string of the molecule is CCCCc1ccc(-c2cnc(N)s2)cc1. The van der Waals surface area contributed by atoms with Crippen molar-refractivity contribution in [1.29, 1.82) is 0 Å². The first-order chi connectivity index (χ1) is 7.79. The molecule has 2 nitrogen and oxygen atoms in total. The molecule has 0 radical (unpaired) electrons. The van der Waals surface area contributed by atoms with Crippen LogP contribution in [0.5, 0.6) is 0 Å². The van der Waals surface area contributed by atoms with Crippen LogP contribution in [0.4, 0.5) is 5.13 Å². The third-order valence-corrected chi connectivity index (χ3v) is 3.46. The lowest BCUT2D eigenvalue weighted by atomic mass is 10.1. The van der Waals surface area contributed by atoms with Crippen LogP contribution < -0.4 is 5.73 Å². The first kappa shape index (κ1) is 11.1. The highest BCUT2D eigenvalue weighted by atomic mass is 32.1. The molecule has 0 aliphatic rings. The van der Waals surface area contributed by atoms with Gasteiger partial charge in [-0.05, 0) is 24.0 Å². The molecule has 0 atom stereocenters. The van der Waals surface area contributed by atoms with Crippen LogP contribution >= 0.6 is 11.3 Å². The minimum Gasteiger partial charge on any atom is -0.375 e. The van der Waals surface area contributed by atoms with Crippen LogP contribution in [0.15, 0.2) is 30.5 Å². The first-order valence-electron chi connectivity index (χ1n) is 5.60. The van der Waals surface area contributed by atoms with E-state index in [9.17, 15) is 0 Å². The Labute approximate surface area is 100 Å². The smallest absolute Gasteiger partial charge is 0.180 e. The Bertz CT molecular complexity index is 445. The Hall–Kier alpha value is -1.35. The normalized spacial score (nSPS) is 10.6. The van der Waals surface area contributed by atoms with Gasteiger partial charge in [-0.25, -0.2) is 4.98 Å². The number of rotatable bonds is 4. The fourth-order valence-corrected chi connectivity index (χ4v) is 2.33. The van der Waals surface area contributed by atoms with E-state index < -0.39 is 0 Å². The molecule has 16 heavy (non-hydrogen) atoms. The van der Waals surface area contributed by atoms with Gasteiger partial charge in [-0.2, -0.15) is 0 Å². The molecule has 84 valence electrons. The van der Waals surface area contributed by atoms with Crippen molar-refractivity contribution in [3.05, 3.63) is 36.0 Å². The maximum atomic E-state index is 5.62. The number of anilines is 1. The predicted molar refractivity (Wildman–Crippen MR) is 70.6 cm³/mol. The lowest BCUT2D eigenvalue weighted by Gasteiger charge is -2.01. The summed E-state index contributed by atoms with van der Waals surface area (Å²) in [5.41, 5.74) is 8.23. The summed E-state index contributed by atoms with van der Waals surface area (Å²) in [5.74, 6) is 0. The molecule has 1 aromatic heterocycles. The summed E-state index contributed by atoms with van der Waals surface area (Å²) in [5, 5.41) is 0.630. The zero-order valence-electron chi connectivity index (χ0n) is 9.44. The second-order valence-electron chi connectivity index (χ2n) is 3.86. The summed E-state index contributed by atoms with van der Waals surface area (Å²) in [6.45, 7) is 2.22. The van der Waals surface area contributed by atoms with E-state index in [-0.39, 0.29) is 0 Å². The van der Waals surface area contributed by atoms with Crippen molar-refractivity contribution < 1.29 is 0 Å². The Balaban J connectivity index is 2.13. The van der Waals surface area contributed by atoms with E-state index in [2.05, 4.69) is 36.2 Å². The monoisotopic (exact) mass is 232 g/mol. The van der Waals surface area contributed by atoms with Crippen molar-refractivity contribution in [3.8, 4) is 10.4 Å². The van der Waals surface area contributed by atoms with Crippen molar-refractivity contribution in [2.75, 3.05) is 5.73 Å². The number of benzene rings is 1. The van der Waals surface area contributed by atoms with Crippen LogP contribution in [0.1, 0.15) is 25.3 Å². The first-order valence-corrected chi connectivity index (χ1v) is 6.42. The molecule has 2 rings (SSSR count). The third-order valence-electron chi connectivity index (χ3n) is 2.58. The molecular formula is C13H16N2S. The van der Waals surface area contributed by atoms with E-state index >= 15 is 0 Å². The molecule has 0 aliphatic heterocycles. The molecule has 0 unspecified atom stereocenters. The lowest BCUT2D eigenvalue weighted by molar-refractivity contribution is 0.795. The maximum Gasteiger partial charge on any atom is 0.180 e. The van der Waals surface area contributed by atoms with Crippen LogP contribution in [0, 0.1) is 0 Å². The Morgan fingerprint density at radius 1 is 1.25 bits per heavy atom. The maximum absolute atomic E-state index is 5.62. The van der Waals surface area contributed by atoms with Crippen molar-refractivity contribution >= 4 is 16.5 Å². The molecule has 1 heterocycles. The molecule has 0 saturated heterocycles. The standard InChI is InChI=1S/C13H16N2S/c1-2-3-4-10-5-7-11(8-6-10)12-9-15-13(14)16-12/h5-9H,2-4H2,1H3,(H2,14,15). The van der Waals surface area contributed by atoms with Crippen LogP contribution in [0.25, 0.3) is 10.4 Å². The lowest BCUT2D eigenvalue weighted by Crippen LogP contribution is -1.83. The molecule has 0 fully saturated rings. The molecule has 0 amide bonds. The Morgan fingerprint density at radius 3 is 2.56 bits per heavy atom. The topological polar surface area (TPSA) is 38.9 Å². The van der Waals surface area contributed by atoms with Gasteiger partial charge in [0.05, 0.1) is 4.88 Å². The van der Waals surface area contributed by atoms with Crippen LogP contribution in [0.2, 0.25) is 0 Å². The average Bonchev–Trinajstić information content (AvgIpc) is 2.74. The molecular weight excluding hydrogens is 216 g/mol. The van der Waals surface area contributed by atoms with Gasteiger partial charge in [-0.1, -0.05) is 48.9 Å². The minimum absolute atomic E-state index is 0.630. The van der Waals surface area contributed by atoms with Gasteiger partial charge in [0.2, 0.25) is 0 Å². The summed E-state index contributed by atoms with van der Waals surface area (Å²) in [7, 11) is 0. The molecule has 0 bridgehead atoms. The van der Waals surface area contributed by atoms with Gasteiger partial charge in [0.15, 0.2) is 5.13 Å². The minimum atomic E-state index is 0.630. The van der Waals surface area contributed by atoms with E-state index in [1.165, 1.54) is 41.7 Å². The molecule has 2 aromatic rings. The number of hydrogen-bond acceptors (Lipinski definition) is 3. The number of thiazole rings is 1. The molecule has 0 aliphatic carbocycles. The van der Waals surface area contributed by atoms with E-state index in [4.69, 9.17) is 5.73 Å². The summed E-state index contributed by atoms with van der Waals surface area (Å²) in [6, 6.07) is 8.69. The van der Waals surface area contributed by atoms with Gasteiger partial charge in [-0.3, -0.25) is 0 Å². The van der Waals surface area contributed by atoms with Gasteiger partial charge >= 0.3 is 0 Å². The molecule has 1 aromatic carbocycles. The second kappa shape index (κ2) is 5.12. The summed E-state index contributed by atoms with van der Waals surface area (Å²) >= 11 is 1.53. The van der Waals surface area contributed by atoms with Crippen molar-refractivity contribution in [1.82, 2.24) is 4.98 Å². The number of nitrogens with zero attached hydrogens (tertiary/aromatic N) is 1. The summed E-state index contributed by atoms with van der Waals surface area (Å²) < 4.78 is 0. The Morgan fingerprint density at radius 2 is 2.00 bits per heavy atom. The number of hydrogen-bond donors (Lipinski definition) is 1. The summed E-state index contributed by atoms with van der Waals surface area (Å²) in [4.78, 5) is 5.20. The zero-order valence-corrected chi connectivity index (χ0v) is 10.3. The van der Waals surface area contributed by atoms with E-state index in [1.807, 2.05) is 6.20 Å². The number of nitrogen functional groups attached to an aromatic ring is 1. The van der Waals surface area contributed by atoms with Crippen molar-refractivity contribution in [3.63, 3.8) is 0 Å². The van der Waals surface area contributed by atoms with E-state index in [0.29, 0.717) is 5.13 Å². The van der Waals surface area contributed by atoms with E-state index in [0.717, 1.165) is 4.88 Å². The Kier molecular flexibility index (Phi) is 3.57. The van der Waals surface area contributed by atoms with Crippen molar-refractivity contribution in [2.24, 2.45) is 0 Å². The van der Waals surface area contributed by atoms with Gasteiger partial charge in [0, 0.05) is 6.20 Å². The second-order valence-corrected chi connectivity index (χ2v) is 4.93. The summed E-state index contributed by atoms with van der Waals surface area (Å²) in [6.07, 6.45) is 5.50. The van der Waals surface area contributed by atoms with E-state index in [1.54, 1.807) is 0 Å². The third kappa shape index (κ3) is 2.61. The predicted octanol–water partition coefficient (Wildman–Crippen LogP) is 3.73. The quantitative estimate of drug-likeness (QED) is 0.872. The average molecular weight is 232 g/mol. The zero-order chi connectivity index (χ0) is 11.4. The highest BCUT2D eigenvalue weighted by molar-refractivity contribution is 7.18. The highest BCUT2D eigenvalue weighted by Crippen LogP contribution is 2.27. The number of aryl methyl sites for hydroxylation is 1. The van der Waals surface area contributed by atoms with Crippen molar-refractivity contribution in [2.45, 2.75) is 26.2 Å². The van der Waals surface area contributed by atoms with Gasteiger partial charge in [0.1, 0.15) is 0 Å². The van der Waals surface area contributed by atoms with Gasteiger partial charge in [-0.15, -0.1) is 0 Å². The van der Waals surface area contributed by atoms with Crippen LogP contribution in [-0.2, 0) is 6.42 Å². The molecule has 0 saturated carbocycles. The fraction of sp³-hybridized carbons (Fsp3) is 0.308. The highest BCUT2D eigenvalue weighted by Gasteiger charge is 2.01. The fourth-order valence-electron chi connectivity index (χ4n) is 1.64. The number of aromatic nitrogens is 1. The van der Waals surface area contributed by atoms with Crippen LogP contribution in [-0.4, -0.2) is 4.98 Å². The van der Waals surface area contributed by atoms with Gasteiger partial charge in [0.25, 0.3) is 0 Å². The molecule has 0 spiro atoms. The van der Waals surface area contributed by atoms with Gasteiger partial charge < -0.3 is 5.73 Å². The molecule has 2 N–H and O–H groups in total. The number of nitrogens with two attached hydrogens (primary N) is 1. The molecule has 3 heteroatoms. The largest absolute Gasteiger partial charge is 0.375 e. The number of unbranched alkanes of at least 4 members (excludes halogenated alkanes) is 1. The van der Waals surface area contributed by atoms with Crippen LogP contribution in [0.3, 0.4) is 0 Å².